The van der Waals surface area contributed by atoms with Gasteiger partial charge in [-0.1, -0.05) is 23.7 Å². The molecule has 1 N–H and O–H groups in total. The first-order chi connectivity index (χ1) is 18.7. The van der Waals surface area contributed by atoms with Gasteiger partial charge in [0.1, 0.15) is 28.3 Å². The average molecular weight is 617 g/mol. The summed E-state index contributed by atoms with van der Waals surface area (Å²) in [7, 11) is -4.83. The highest BCUT2D eigenvalue weighted by Gasteiger charge is 2.38. The lowest BCUT2D eigenvalue weighted by Gasteiger charge is -2.34. The fourth-order valence-corrected chi connectivity index (χ4v) is 6.20. The second kappa shape index (κ2) is 11.9. The Morgan fingerprint density at radius 3 is 2.58 bits per heavy atom. The predicted octanol–water partition coefficient (Wildman–Crippen LogP) is 6.01. The molecule has 216 valence electrons. The number of likely N-dealkylation sites (tertiary alicyclic amines) is 1. The Kier molecular flexibility index (Phi) is 8.98. The van der Waals surface area contributed by atoms with Gasteiger partial charge < -0.3 is 10.1 Å². The van der Waals surface area contributed by atoms with Crippen molar-refractivity contribution in [2.45, 2.75) is 50.4 Å². The molecule has 40 heavy (non-hydrogen) atoms. The van der Waals surface area contributed by atoms with E-state index in [2.05, 4.69) is 10.3 Å². The van der Waals surface area contributed by atoms with E-state index in [0.29, 0.717) is 26.1 Å². The Hall–Kier alpha value is -2.87. The summed E-state index contributed by atoms with van der Waals surface area (Å²) in [6.07, 6.45) is -1.45. The van der Waals surface area contributed by atoms with Gasteiger partial charge in [-0.15, -0.1) is 15.6 Å². The van der Waals surface area contributed by atoms with Crippen molar-refractivity contribution in [3.8, 4) is 0 Å². The van der Waals surface area contributed by atoms with Crippen molar-refractivity contribution in [3.05, 3.63) is 69.0 Å². The zero-order valence-corrected chi connectivity index (χ0v) is 24.3. The van der Waals surface area contributed by atoms with Gasteiger partial charge in [0.25, 0.3) is 10.0 Å². The van der Waals surface area contributed by atoms with Gasteiger partial charge in [0.05, 0.1) is 16.2 Å². The molecule has 14 heteroatoms. The van der Waals surface area contributed by atoms with Gasteiger partial charge in [-0.25, -0.2) is 31.4 Å². The third kappa shape index (κ3) is 7.06. The summed E-state index contributed by atoms with van der Waals surface area (Å²) in [5.41, 5.74) is 1.44. The molecule has 4 rings (SSSR count). The number of carbonyl (C=O) groups is 1. The minimum Gasteiger partial charge on any atom is -0.443 e. The molecule has 0 atom stereocenters. The molecule has 1 aliphatic heterocycles. The number of benzene rings is 2. The quantitative estimate of drug-likeness (QED) is 0.315. The summed E-state index contributed by atoms with van der Waals surface area (Å²) in [6.45, 7) is 6.03. The Balaban J connectivity index is 1.53. The number of nitrogens with zero attached hydrogens (tertiary/aromatic N) is 3. The highest BCUT2D eigenvalue weighted by atomic mass is 35.5. The molecular weight excluding hydrogens is 589 g/mol. The maximum absolute atomic E-state index is 15.3. The van der Waals surface area contributed by atoms with Gasteiger partial charge in [0, 0.05) is 37.1 Å². The van der Waals surface area contributed by atoms with E-state index in [9.17, 15) is 22.0 Å². The number of halogens is 4. The molecule has 1 amide bonds. The number of rotatable bonds is 9. The van der Waals surface area contributed by atoms with E-state index in [1.54, 1.807) is 32.9 Å². The van der Waals surface area contributed by atoms with Crippen molar-refractivity contribution in [2.24, 2.45) is 0 Å². The summed E-state index contributed by atoms with van der Waals surface area (Å²) >= 11 is 7.34. The number of nitrogens with one attached hydrogen (secondary N) is 1. The maximum Gasteiger partial charge on any atom is 0.430 e. The number of sulfonamides is 1. The van der Waals surface area contributed by atoms with Crippen molar-refractivity contribution >= 4 is 50.6 Å². The number of amides is 1. The van der Waals surface area contributed by atoms with E-state index < -0.39 is 44.4 Å². The molecule has 1 saturated heterocycles. The topological polar surface area (TPSA) is 91.8 Å². The van der Waals surface area contributed by atoms with Crippen LogP contribution in [0.1, 0.15) is 31.9 Å². The maximum atomic E-state index is 15.3. The van der Waals surface area contributed by atoms with Crippen LogP contribution in [0.3, 0.4) is 0 Å². The Morgan fingerprint density at radius 2 is 1.95 bits per heavy atom. The fourth-order valence-electron chi connectivity index (χ4n) is 3.97. The first-order valence-electron chi connectivity index (χ1n) is 12.3. The van der Waals surface area contributed by atoms with Crippen molar-refractivity contribution in [1.29, 1.82) is 0 Å². The van der Waals surface area contributed by atoms with Gasteiger partial charge >= 0.3 is 6.09 Å². The standard InChI is InChI=1S/C26H28ClF3N4O4S2/c1-26(2,3)38-25(35)34(24-14-39-15-32-24)40(36,37)23-9-19(27)22(10-21(23)30)31-11-17-8-16(4-5-20(17)29)6-7-33-12-18(28)13-33/h4-5,8-10,14-15,18,31H,6-7,11-13H2,1-3H3. The van der Waals surface area contributed by atoms with Gasteiger partial charge in [0.15, 0.2) is 5.82 Å². The molecule has 1 aliphatic rings. The van der Waals surface area contributed by atoms with Crippen LogP contribution >= 0.6 is 22.9 Å². The number of alkyl halides is 1. The summed E-state index contributed by atoms with van der Waals surface area (Å²) in [4.78, 5) is 17.8. The molecule has 1 aromatic heterocycles. The highest BCUT2D eigenvalue weighted by molar-refractivity contribution is 7.93. The third-order valence-electron chi connectivity index (χ3n) is 5.94. The van der Waals surface area contributed by atoms with Crippen molar-refractivity contribution < 1.29 is 31.1 Å². The van der Waals surface area contributed by atoms with Crippen LogP contribution in [0.2, 0.25) is 5.02 Å². The normalized spacial score (nSPS) is 14.6. The summed E-state index contributed by atoms with van der Waals surface area (Å²) < 4.78 is 75.2. The summed E-state index contributed by atoms with van der Waals surface area (Å²) in [5, 5.41) is 3.98. The lowest BCUT2D eigenvalue weighted by atomic mass is 10.1. The van der Waals surface area contributed by atoms with Crippen molar-refractivity contribution in [3.63, 3.8) is 0 Å². The molecule has 1 fully saturated rings. The molecule has 0 radical (unpaired) electrons. The van der Waals surface area contributed by atoms with E-state index >= 15 is 4.39 Å². The van der Waals surface area contributed by atoms with E-state index in [-0.39, 0.29) is 32.9 Å². The van der Waals surface area contributed by atoms with Crippen molar-refractivity contribution in [2.75, 3.05) is 29.3 Å². The number of hydrogen-bond acceptors (Lipinski definition) is 8. The minimum absolute atomic E-state index is 0.0231. The van der Waals surface area contributed by atoms with Crippen molar-refractivity contribution in [1.82, 2.24) is 9.88 Å². The lowest BCUT2D eigenvalue weighted by Crippen LogP contribution is -2.48. The number of hydrogen-bond donors (Lipinski definition) is 1. The molecule has 0 unspecified atom stereocenters. The first kappa shape index (κ1) is 30.1. The Bertz CT molecular complexity index is 1480. The summed E-state index contributed by atoms with van der Waals surface area (Å²) in [5.74, 6) is -1.94. The SMILES string of the molecule is CC(C)(C)OC(=O)N(c1cscn1)S(=O)(=O)c1cc(Cl)c(NCc2cc(CCN3CC(F)C3)ccc2F)cc1F. The predicted molar refractivity (Wildman–Crippen MR) is 148 cm³/mol. The molecular formula is C26H28ClF3N4O4S2. The zero-order chi connectivity index (χ0) is 29.2. The molecule has 8 nitrogen and oxygen atoms in total. The third-order valence-corrected chi connectivity index (χ3v) is 8.51. The summed E-state index contributed by atoms with van der Waals surface area (Å²) in [6, 6.07) is 6.36. The van der Waals surface area contributed by atoms with Crippen LogP contribution in [0.4, 0.5) is 29.5 Å². The smallest absolute Gasteiger partial charge is 0.430 e. The number of anilines is 2. The molecule has 2 aromatic carbocycles. The second-order valence-electron chi connectivity index (χ2n) is 10.2. The lowest BCUT2D eigenvalue weighted by molar-refractivity contribution is 0.0608. The highest BCUT2D eigenvalue weighted by Crippen LogP contribution is 2.33. The zero-order valence-electron chi connectivity index (χ0n) is 22.0. The number of ether oxygens (including phenoxy) is 1. The number of aromatic nitrogens is 1. The Morgan fingerprint density at radius 1 is 1.23 bits per heavy atom. The van der Waals surface area contributed by atoms with E-state index in [1.165, 1.54) is 17.0 Å². The molecule has 0 saturated carbocycles. The van der Waals surface area contributed by atoms with Gasteiger partial charge in [-0.3, -0.25) is 4.90 Å². The van der Waals surface area contributed by atoms with E-state index in [1.807, 2.05) is 4.90 Å². The van der Waals surface area contributed by atoms with Gasteiger partial charge in [-0.2, -0.15) is 0 Å². The van der Waals surface area contributed by atoms with Crippen LogP contribution in [-0.4, -0.2) is 55.8 Å². The molecule has 0 bridgehead atoms. The van der Waals surface area contributed by atoms with Crippen LogP contribution in [0, 0.1) is 11.6 Å². The van der Waals surface area contributed by atoms with Crippen LogP contribution in [0.25, 0.3) is 0 Å². The number of carbonyl (C=O) groups excluding carboxylic acids is 1. The van der Waals surface area contributed by atoms with Gasteiger partial charge in [-0.05, 0) is 51.0 Å². The monoisotopic (exact) mass is 616 g/mol. The molecule has 2 heterocycles. The van der Waals surface area contributed by atoms with Crippen LogP contribution in [-0.2, 0) is 27.7 Å². The van der Waals surface area contributed by atoms with Crippen LogP contribution in [0.15, 0.2) is 46.1 Å². The number of thiazole rings is 1. The molecule has 0 spiro atoms. The van der Waals surface area contributed by atoms with E-state index in [0.717, 1.165) is 29.0 Å². The Labute approximate surface area is 239 Å². The van der Waals surface area contributed by atoms with Crippen LogP contribution in [0.5, 0.6) is 0 Å². The van der Waals surface area contributed by atoms with E-state index in [4.69, 9.17) is 16.3 Å². The van der Waals surface area contributed by atoms with Crippen LogP contribution < -0.4 is 9.62 Å². The largest absolute Gasteiger partial charge is 0.443 e. The molecule has 0 aliphatic carbocycles. The van der Waals surface area contributed by atoms with Gasteiger partial charge in [0.2, 0.25) is 0 Å². The molecule has 3 aromatic rings. The second-order valence-corrected chi connectivity index (χ2v) is 13.1. The first-order valence-corrected chi connectivity index (χ1v) is 15.0. The average Bonchev–Trinajstić information content (AvgIpc) is 3.35. The fraction of sp³-hybridized carbons (Fsp3) is 0.385. The minimum atomic E-state index is -4.83.